The van der Waals surface area contributed by atoms with Gasteiger partial charge in [-0.1, -0.05) is 0 Å². The number of nitrogens with one attached hydrogen (secondary N) is 1. The fraction of sp³-hybridized carbons (Fsp3) is 0.571. The molecule has 1 saturated heterocycles. The third-order valence-electron chi connectivity index (χ3n) is 3.32. The smallest absolute Gasteiger partial charge is 0.244 e. The van der Waals surface area contributed by atoms with Crippen molar-refractivity contribution in [3.63, 3.8) is 0 Å². The number of anilines is 1. The van der Waals surface area contributed by atoms with Gasteiger partial charge in [0.05, 0.1) is 0 Å². The molecule has 1 unspecified atom stereocenters. The van der Waals surface area contributed by atoms with E-state index in [1.165, 1.54) is 6.42 Å². The van der Waals surface area contributed by atoms with Gasteiger partial charge in [-0.05, 0) is 45.2 Å². The molecule has 18 heavy (non-hydrogen) atoms. The quantitative estimate of drug-likeness (QED) is 0.890. The number of aryl methyl sites for hydroxylation is 1. The zero-order valence-electron chi connectivity index (χ0n) is 11.1. The number of pyridine rings is 1. The normalized spacial score (nSPS) is 17.3. The van der Waals surface area contributed by atoms with Crippen molar-refractivity contribution in [3.8, 4) is 0 Å². The van der Waals surface area contributed by atoms with Crippen molar-refractivity contribution in [2.45, 2.75) is 39.2 Å². The number of hydrogen-bond acceptors (Lipinski definition) is 3. The number of amides is 1. The van der Waals surface area contributed by atoms with E-state index in [1.54, 1.807) is 6.20 Å². The molecule has 1 aromatic rings. The highest BCUT2D eigenvalue weighted by molar-refractivity contribution is 5.84. The Morgan fingerprint density at radius 1 is 1.39 bits per heavy atom. The minimum absolute atomic E-state index is 0.176. The van der Waals surface area contributed by atoms with Crippen LogP contribution in [0.2, 0.25) is 0 Å². The summed E-state index contributed by atoms with van der Waals surface area (Å²) in [7, 11) is 0. The van der Waals surface area contributed by atoms with Gasteiger partial charge >= 0.3 is 0 Å². The lowest BCUT2D eigenvalue weighted by atomic mass is 10.1. The summed E-state index contributed by atoms with van der Waals surface area (Å²) in [5.74, 6) is 0.198. The number of hydrogen-bond donors (Lipinski definition) is 1. The standard InChI is InChI=1S/C14H21N3O/c1-11-10-13(6-7-15-11)16-12(2)14(18)17-8-4-3-5-9-17/h6-7,10,12H,3-5,8-9H2,1-2H3,(H,15,16). The van der Waals surface area contributed by atoms with Crippen molar-refractivity contribution in [3.05, 3.63) is 24.0 Å². The molecular formula is C14H21N3O. The van der Waals surface area contributed by atoms with E-state index in [-0.39, 0.29) is 11.9 Å². The zero-order chi connectivity index (χ0) is 13.0. The topological polar surface area (TPSA) is 45.2 Å². The Balaban J connectivity index is 1.94. The first-order valence-corrected chi connectivity index (χ1v) is 6.65. The van der Waals surface area contributed by atoms with Crippen LogP contribution in [0.3, 0.4) is 0 Å². The number of carbonyl (C=O) groups is 1. The van der Waals surface area contributed by atoms with E-state index >= 15 is 0 Å². The highest BCUT2D eigenvalue weighted by Gasteiger charge is 2.21. The Hall–Kier alpha value is -1.58. The summed E-state index contributed by atoms with van der Waals surface area (Å²) >= 11 is 0. The minimum Gasteiger partial charge on any atom is -0.374 e. The molecular weight excluding hydrogens is 226 g/mol. The lowest BCUT2D eigenvalue weighted by molar-refractivity contribution is -0.132. The van der Waals surface area contributed by atoms with E-state index in [9.17, 15) is 4.79 Å². The Kier molecular flexibility index (Phi) is 4.18. The van der Waals surface area contributed by atoms with Crippen LogP contribution in [0.1, 0.15) is 31.9 Å². The second kappa shape index (κ2) is 5.85. The van der Waals surface area contributed by atoms with Gasteiger partial charge in [0.15, 0.2) is 0 Å². The van der Waals surface area contributed by atoms with Crippen molar-refractivity contribution in [1.82, 2.24) is 9.88 Å². The second-order valence-electron chi connectivity index (χ2n) is 4.94. The third-order valence-corrected chi connectivity index (χ3v) is 3.32. The van der Waals surface area contributed by atoms with Crippen LogP contribution in [0.5, 0.6) is 0 Å². The van der Waals surface area contributed by atoms with Crippen molar-refractivity contribution in [2.24, 2.45) is 0 Å². The average Bonchev–Trinajstić information content (AvgIpc) is 2.39. The van der Waals surface area contributed by atoms with Crippen LogP contribution in [-0.4, -0.2) is 34.9 Å². The summed E-state index contributed by atoms with van der Waals surface area (Å²) in [5, 5.41) is 3.25. The van der Waals surface area contributed by atoms with Crippen LogP contribution >= 0.6 is 0 Å². The van der Waals surface area contributed by atoms with E-state index in [0.717, 1.165) is 37.3 Å². The number of aromatic nitrogens is 1. The molecule has 0 spiro atoms. The molecule has 1 N–H and O–H groups in total. The lowest BCUT2D eigenvalue weighted by Crippen LogP contribution is -2.43. The molecule has 1 aliphatic rings. The van der Waals surface area contributed by atoms with Crippen molar-refractivity contribution >= 4 is 11.6 Å². The summed E-state index contributed by atoms with van der Waals surface area (Å²) in [6, 6.07) is 3.68. The van der Waals surface area contributed by atoms with Crippen LogP contribution in [0, 0.1) is 6.92 Å². The highest BCUT2D eigenvalue weighted by atomic mass is 16.2. The van der Waals surface area contributed by atoms with E-state index < -0.39 is 0 Å². The van der Waals surface area contributed by atoms with Gasteiger partial charge in [-0.25, -0.2) is 0 Å². The number of carbonyl (C=O) groups excluding carboxylic acids is 1. The van der Waals surface area contributed by atoms with Crippen LogP contribution in [0.25, 0.3) is 0 Å². The first-order chi connectivity index (χ1) is 8.66. The predicted octanol–water partition coefficient (Wildman–Crippen LogP) is 2.20. The van der Waals surface area contributed by atoms with Gasteiger partial charge in [-0.15, -0.1) is 0 Å². The average molecular weight is 247 g/mol. The number of likely N-dealkylation sites (tertiary alicyclic amines) is 1. The Labute approximate surface area is 108 Å². The van der Waals surface area contributed by atoms with E-state index in [0.29, 0.717) is 0 Å². The van der Waals surface area contributed by atoms with E-state index in [1.807, 2.05) is 30.9 Å². The summed E-state index contributed by atoms with van der Waals surface area (Å²) in [5.41, 5.74) is 1.91. The van der Waals surface area contributed by atoms with Crippen LogP contribution in [0.15, 0.2) is 18.3 Å². The van der Waals surface area contributed by atoms with Crippen LogP contribution in [0.4, 0.5) is 5.69 Å². The third kappa shape index (κ3) is 3.22. The lowest BCUT2D eigenvalue weighted by Gasteiger charge is -2.29. The molecule has 1 fully saturated rings. The van der Waals surface area contributed by atoms with Gasteiger partial charge in [0.1, 0.15) is 6.04 Å². The molecule has 4 heteroatoms. The van der Waals surface area contributed by atoms with Crippen LogP contribution in [-0.2, 0) is 4.79 Å². The molecule has 0 bridgehead atoms. The van der Waals surface area contributed by atoms with Gasteiger partial charge in [-0.2, -0.15) is 0 Å². The maximum Gasteiger partial charge on any atom is 0.244 e. The molecule has 2 rings (SSSR count). The summed E-state index contributed by atoms with van der Waals surface area (Å²) in [6.45, 7) is 5.68. The Morgan fingerprint density at radius 2 is 2.11 bits per heavy atom. The molecule has 0 radical (unpaired) electrons. The first kappa shape index (κ1) is 12.9. The Morgan fingerprint density at radius 3 is 2.78 bits per heavy atom. The fourth-order valence-electron chi connectivity index (χ4n) is 2.34. The summed E-state index contributed by atoms with van der Waals surface area (Å²) in [4.78, 5) is 18.3. The second-order valence-corrected chi connectivity index (χ2v) is 4.94. The molecule has 4 nitrogen and oxygen atoms in total. The number of piperidine rings is 1. The van der Waals surface area contributed by atoms with Gasteiger partial charge in [0, 0.05) is 30.7 Å². The summed E-state index contributed by atoms with van der Waals surface area (Å²) in [6.07, 6.45) is 5.27. The molecule has 0 aromatic carbocycles. The van der Waals surface area contributed by atoms with Gasteiger partial charge in [0.25, 0.3) is 0 Å². The molecule has 2 heterocycles. The van der Waals surface area contributed by atoms with Crippen LogP contribution < -0.4 is 5.32 Å². The zero-order valence-corrected chi connectivity index (χ0v) is 11.1. The monoisotopic (exact) mass is 247 g/mol. The molecule has 1 aromatic heterocycles. The van der Waals surface area contributed by atoms with Crippen molar-refractivity contribution in [1.29, 1.82) is 0 Å². The molecule has 0 saturated carbocycles. The van der Waals surface area contributed by atoms with Gasteiger partial charge in [0.2, 0.25) is 5.91 Å². The maximum absolute atomic E-state index is 12.2. The molecule has 98 valence electrons. The maximum atomic E-state index is 12.2. The largest absolute Gasteiger partial charge is 0.374 e. The van der Waals surface area contributed by atoms with Crippen molar-refractivity contribution in [2.75, 3.05) is 18.4 Å². The minimum atomic E-state index is -0.176. The molecule has 1 aliphatic heterocycles. The van der Waals surface area contributed by atoms with E-state index in [2.05, 4.69) is 10.3 Å². The number of rotatable bonds is 3. The first-order valence-electron chi connectivity index (χ1n) is 6.65. The van der Waals surface area contributed by atoms with E-state index in [4.69, 9.17) is 0 Å². The van der Waals surface area contributed by atoms with Crippen molar-refractivity contribution < 1.29 is 4.79 Å². The molecule has 1 amide bonds. The highest BCUT2D eigenvalue weighted by Crippen LogP contribution is 2.13. The molecule has 1 atom stereocenters. The van der Waals surface area contributed by atoms with Gasteiger partial charge in [-0.3, -0.25) is 9.78 Å². The fourth-order valence-corrected chi connectivity index (χ4v) is 2.34. The Bertz CT molecular complexity index is 413. The molecule has 0 aliphatic carbocycles. The predicted molar refractivity (Wildman–Crippen MR) is 72.5 cm³/mol. The van der Waals surface area contributed by atoms with Gasteiger partial charge < -0.3 is 10.2 Å². The summed E-state index contributed by atoms with van der Waals surface area (Å²) < 4.78 is 0. The number of nitrogens with zero attached hydrogens (tertiary/aromatic N) is 2. The SMILES string of the molecule is Cc1cc(NC(C)C(=O)N2CCCCC2)ccn1.